The number of nitrogens with one attached hydrogen (secondary N) is 1. The molecule has 168 valence electrons. The summed E-state index contributed by atoms with van der Waals surface area (Å²) >= 11 is 0. The number of hydrogen-bond acceptors (Lipinski definition) is 3. The van der Waals surface area contributed by atoms with Gasteiger partial charge >= 0.3 is 6.18 Å². The standard InChI is InChI=1S/C23H22F4N4O/c1-30-19(17-7-9-18(24)10-8-17)13-20(29-30)28-21(32)22(23(25,26)27)11-12-31(15-22)14-16-5-3-2-4-6-16/h2-10,13H,11-12,14-15H2,1H3,(H,28,29,32). The molecule has 0 bridgehead atoms. The molecular formula is C23H22F4N4O. The van der Waals surface area contributed by atoms with Crippen LogP contribution in [0.25, 0.3) is 11.3 Å². The lowest BCUT2D eigenvalue weighted by molar-refractivity contribution is -0.215. The number of amides is 1. The molecule has 0 radical (unpaired) electrons. The van der Waals surface area contributed by atoms with E-state index in [0.717, 1.165) is 5.56 Å². The van der Waals surface area contributed by atoms with Crippen LogP contribution >= 0.6 is 0 Å². The van der Waals surface area contributed by atoms with Crippen LogP contribution in [0.4, 0.5) is 23.4 Å². The lowest BCUT2D eigenvalue weighted by Crippen LogP contribution is -2.50. The third-order valence-electron chi connectivity index (χ3n) is 5.84. The van der Waals surface area contributed by atoms with Gasteiger partial charge in [0, 0.05) is 31.8 Å². The van der Waals surface area contributed by atoms with Crippen LogP contribution in [0.2, 0.25) is 0 Å². The average Bonchev–Trinajstić information content (AvgIpc) is 3.33. The number of hydrogen-bond donors (Lipinski definition) is 1. The first-order chi connectivity index (χ1) is 15.2. The molecule has 9 heteroatoms. The van der Waals surface area contributed by atoms with Crippen LogP contribution in [0.5, 0.6) is 0 Å². The van der Waals surface area contributed by atoms with E-state index in [4.69, 9.17) is 0 Å². The molecule has 1 amide bonds. The van der Waals surface area contributed by atoms with Crippen LogP contribution in [-0.2, 0) is 18.4 Å². The zero-order valence-electron chi connectivity index (χ0n) is 17.4. The normalized spacial score (nSPS) is 19.3. The van der Waals surface area contributed by atoms with Gasteiger partial charge in [0.05, 0.1) is 5.69 Å². The summed E-state index contributed by atoms with van der Waals surface area (Å²) in [5.41, 5.74) is -0.463. The van der Waals surface area contributed by atoms with Crippen molar-refractivity contribution in [2.24, 2.45) is 12.5 Å². The third-order valence-corrected chi connectivity index (χ3v) is 5.84. The van der Waals surface area contributed by atoms with Crippen molar-refractivity contribution < 1.29 is 22.4 Å². The molecule has 1 N–H and O–H groups in total. The van der Waals surface area contributed by atoms with Gasteiger partial charge in [-0.2, -0.15) is 18.3 Å². The minimum absolute atomic E-state index is 0.0157. The first-order valence-corrected chi connectivity index (χ1v) is 10.1. The minimum atomic E-state index is -4.71. The predicted octanol–water partition coefficient (Wildman–Crippen LogP) is 4.62. The smallest absolute Gasteiger partial charge is 0.308 e. The van der Waals surface area contributed by atoms with Crippen LogP contribution in [0, 0.1) is 11.2 Å². The summed E-state index contributed by atoms with van der Waals surface area (Å²) in [6.07, 6.45) is -5.04. The lowest BCUT2D eigenvalue weighted by atomic mass is 9.85. The Labute approximate surface area is 182 Å². The van der Waals surface area contributed by atoms with Gasteiger partial charge in [-0.1, -0.05) is 30.3 Å². The highest BCUT2D eigenvalue weighted by Crippen LogP contribution is 2.46. The van der Waals surface area contributed by atoms with Gasteiger partial charge in [-0.15, -0.1) is 0 Å². The van der Waals surface area contributed by atoms with Gasteiger partial charge in [0.1, 0.15) is 5.82 Å². The van der Waals surface area contributed by atoms with Crippen LogP contribution in [0.1, 0.15) is 12.0 Å². The number of alkyl halides is 3. The average molecular weight is 446 g/mol. The molecule has 2 aromatic carbocycles. The summed E-state index contributed by atoms with van der Waals surface area (Å²) in [5.74, 6) is -1.51. The Bertz CT molecular complexity index is 1100. The molecule has 1 unspecified atom stereocenters. The van der Waals surface area contributed by atoms with Crippen molar-refractivity contribution in [1.82, 2.24) is 14.7 Å². The number of carbonyl (C=O) groups excluding carboxylic acids is 1. The summed E-state index contributed by atoms with van der Waals surface area (Å²) in [7, 11) is 1.60. The lowest BCUT2D eigenvalue weighted by Gasteiger charge is -2.30. The number of aromatic nitrogens is 2. The molecule has 2 heterocycles. The maximum absolute atomic E-state index is 14.1. The van der Waals surface area contributed by atoms with Gasteiger partial charge in [0.2, 0.25) is 5.91 Å². The second-order valence-electron chi connectivity index (χ2n) is 8.03. The monoisotopic (exact) mass is 446 g/mol. The fourth-order valence-corrected chi connectivity index (χ4v) is 4.07. The summed E-state index contributed by atoms with van der Waals surface area (Å²) in [6, 6.07) is 16.3. The van der Waals surface area contributed by atoms with E-state index in [0.29, 0.717) is 17.8 Å². The number of aryl methyl sites for hydroxylation is 1. The van der Waals surface area contributed by atoms with Crippen LogP contribution < -0.4 is 5.32 Å². The second kappa shape index (κ2) is 8.38. The molecule has 0 spiro atoms. The third kappa shape index (κ3) is 4.25. The largest absolute Gasteiger partial charge is 0.404 e. The van der Waals surface area contributed by atoms with Gasteiger partial charge in [-0.05, 0) is 42.8 Å². The highest BCUT2D eigenvalue weighted by molar-refractivity contribution is 5.96. The van der Waals surface area contributed by atoms with Crippen molar-refractivity contribution in [3.8, 4) is 11.3 Å². The molecule has 0 saturated carbocycles. The number of rotatable bonds is 5. The maximum atomic E-state index is 14.1. The van der Waals surface area contributed by atoms with Crippen LogP contribution in [-0.4, -0.2) is 39.9 Å². The Morgan fingerprint density at radius 1 is 1.12 bits per heavy atom. The summed E-state index contributed by atoms with van der Waals surface area (Å²) in [4.78, 5) is 14.6. The summed E-state index contributed by atoms with van der Waals surface area (Å²) in [5, 5.41) is 6.50. The second-order valence-corrected chi connectivity index (χ2v) is 8.03. The number of nitrogens with zero attached hydrogens (tertiary/aromatic N) is 3. The SMILES string of the molecule is Cn1nc(NC(=O)C2(C(F)(F)F)CCN(Cc3ccccc3)C2)cc1-c1ccc(F)cc1. The fraction of sp³-hybridized carbons (Fsp3) is 0.304. The van der Waals surface area contributed by atoms with E-state index in [1.807, 2.05) is 30.3 Å². The van der Waals surface area contributed by atoms with Crippen molar-refractivity contribution in [2.45, 2.75) is 19.1 Å². The number of carbonyl (C=O) groups is 1. The molecule has 5 nitrogen and oxygen atoms in total. The van der Waals surface area contributed by atoms with E-state index in [1.165, 1.54) is 35.0 Å². The molecule has 4 rings (SSSR count). The maximum Gasteiger partial charge on any atom is 0.404 e. The molecule has 3 aromatic rings. The minimum Gasteiger partial charge on any atom is -0.308 e. The molecule has 1 fully saturated rings. The quantitative estimate of drug-likeness (QED) is 0.582. The number of benzene rings is 2. The first kappa shape index (κ1) is 22.0. The van der Waals surface area contributed by atoms with Gasteiger partial charge in [0.25, 0.3) is 0 Å². The molecule has 1 aromatic heterocycles. The molecule has 32 heavy (non-hydrogen) atoms. The van der Waals surface area contributed by atoms with E-state index in [2.05, 4.69) is 10.4 Å². The van der Waals surface area contributed by atoms with E-state index in [9.17, 15) is 22.4 Å². The van der Waals surface area contributed by atoms with Gasteiger partial charge < -0.3 is 5.32 Å². The zero-order valence-corrected chi connectivity index (χ0v) is 17.4. The topological polar surface area (TPSA) is 50.2 Å². The Morgan fingerprint density at radius 3 is 2.47 bits per heavy atom. The predicted molar refractivity (Wildman–Crippen MR) is 112 cm³/mol. The van der Waals surface area contributed by atoms with Crippen LogP contribution in [0.15, 0.2) is 60.7 Å². The van der Waals surface area contributed by atoms with E-state index in [1.54, 1.807) is 11.9 Å². The Morgan fingerprint density at radius 2 is 1.81 bits per heavy atom. The van der Waals surface area contributed by atoms with E-state index < -0.39 is 29.9 Å². The van der Waals surface area contributed by atoms with Gasteiger partial charge in [0.15, 0.2) is 11.2 Å². The highest BCUT2D eigenvalue weighted by atomic mass is 19.4. The molecule has 1 aliphatic rings. The Kier molecular flexibility index (Phi) is 5.77. The molecule has 1 atom stereocenters. The number of likely N-dealkylation sites (tertiary alicyclic amines) is 1. The molecule has 0 aliphatic carbocycles. The fourth-order valence-electron chi connectivity index (χ4n) is 4.07. The van der Waals surface area contributed by atoms with Crippen molar-refractivity contribution in [3.05, 3.63) is 72.0 Å². The van der Waals surface area contributed by atoms with Crippen molar-refractivity contribution in [2.75, 3.05) is 18.4 Å². The molecular weight excluding hydrogens is 424 g/mol. The summed E-state index contributed by atoms with van der Waals surface area (Å²) in [6.45, 7) is 0.0734. The summed E-state index contributed by atoms with van der Waals surface area (Å²) < 4.78 is 57.0. The number of anilines is 1. The molecule has 1 aliphatic heterocycles. The number of halogens is 4. The van der Waals surface area contributed by atoms with Crippen molar-refractivity contribution in [3.63, 3.8) is 0 Å². The van der Waals surface area contributed by atoms with Gasteiger partial charge in [-0.25, -0.2) is 4.39 Å². The van der Waals surface area contributed by atoms with Gasteiger partial charge in [-0.3, -0.25) is 14.4 Å². The van der Waals surface area contributed by atoms with E-state index >= 15 is 0 Å². The zero-order chi connectivity index (χ0) is 22.9. The first-order valence-electron chi connectivity index (χ1n) is 10.1. The van der Waals surface area contributed by atoms with E-state index in [-0.39, 0.29) is 18.8 Å². The molecule has 1 saturated heterocycles. The van der Waals surface area contributed by atoms with Crippen molar-refractivity contribution >= 4 is 11.7 Å². The Hall–Kier alpha value is -3.20. The Balaban J connectivity index is 1.53. The van der Waals surface area contributed by atoms with Crippen molar-refractivity contribution in [1.29, 1.82) is 0 Å². The highest BCUT2D eigenvalue weighted by Gasteiger charge is 2.63. The van der Waals surface area contributed by atoms with Crippen LogP contribution in [0.3, 0.4) is 0 Å².